The molecule has 2 unspecified atom stereocenters. The van der Waals surface area contributed by atoms with Crippen molar-refractivity contribution in [3.05, 3.63) is 6.54 Å². The first-order valence-electron chi connectivity index (χ1n) is 4.99. The molecule has 13 heavy (non-hydrogen) atoms. The van der Waals surface area contributed by atoms with Crippen LogP contribution in [0, 0.1) is 23.8 Å². The van der Waals surface area contributed by atoms with E-state index in [1.807, 2.05) is 6.92 Å². The van der Waals surface area contributed by atoms with Crippen LogP contribution in [0.1, 0.15) is 20.3 Å². The van der Waals surface area contributed by atoms with E-state index in [-0.39, 0.29) is 5.92 Å². The number of hydrogen-bond donors (Lipinski definition) is 1. The molecule has 0 aromatic carbocycles. The quantitative estimate of drug-likeness (QED) is 0.704. The molecular weight excluding hydrogens is 162 g/mol. The summed E-state index contributed by atoms with van der Waals surface area (Å²) >= 11 is 0. The maximum atomic E-state index is 8.85. The molecule has 1 N–H and O–H groups in total. The van der Waals surface area contributed by atoms with Crippen molar-refractivity contribution in [1.82, 2.24) is 10.2 Å². The number of hydrogen-bond acceptors (Lipinski definition) is 3. The lowest BCUT2D eigenvalue weighted by atomic mass is 10.00. The van der Waals surface area contributed by atoms with Crippen molar-refractivity contribution in [2.75, 3.05) is 19.6 Å². The van der Waals surface area contributed by atoms with Crippen LogP contribution < -0.4 is 5.32 Å². The van der Waals surface area contributed by atoms with Crippen LogP contribution >= 0.6 is 0 Å². The third-order valence-electron chi connectivity index (χ3n) is 2.52. The summed E-state index contributed by atoms with van der Waals surface area (Å²) in [5.41, 5.74) is 0. The standard InChI is InChI=1S/C10H18N3/c1-3-5-13-6-4-12-8-10(13)9(2)7-11/h5,9-10,12H,3-4,6,8H2,1-2H3. The summed E-state index contributed by atoms with van der Waals surface area (Å²) in [5, 5.41) is 12.2. The topological polar surface area (TPSA) is 39.1 Å². The van der Waals surface area contributed by atoms with E-state index >= 15 is 0 Å². The Balaban J connectivity index is 2.51. The number of nitrogens with zero attached hydrogens (tertiary/aromatic N) is 2. The number of nitriles is 1. The molecule has 3 nitrogen and oxygen atoms in total. The first kappa shape index (κ1) is 10.5. The van der Waals surface area contributed by atoms with Crippen LogP contribution in [-0.4, -0.2) is 30.6 Å². The second-order valence-corrected chi connectivity index (χ2v) is 3.52. The Labute approximate surface area is 80.7 Å². The summed E-state index contributed by atoms with van der Waals surface area (Å²) in [5.74, 6) is 0.107. The summed E-state index contributed by atoms with van der Waals surface area (Å²) in [6.07, 6.45) is 1.05. The third-order valence-corrected chi connectivity index (χ3v) is 2.52. The highest BCUT2D eigenvalue weighted by atomic mass is 15.2. The van der Waals surface area contributed by atoms with Crippen LogP contribution in [0.3, 0.4) is 0 Å². The summed E-state index contributed by atoms with van der Waals surface area (Å²) < 4.78 is 0. The van der Waals surface area contributed by atoms with Crippen molar-refractivity contribution in [1.29, 1.82) is 5.26 Å². The summed E-state index contributed by atoms with van der Waals surface area (Å²) in [6.45, 7) is 9.34. The molecule has 73 valence electrons. The summed E-state index contributed by atoms with van der Waals surface area (Å²) in [6, 6.07) is 2.68. The molecule has 0 aromatic rings. The van der Waals surface area contributed by atoms with Crippen molar-refractivity contribution < 1.29 is 0 Å². The van der Waals surface area contributed by atoms with Gasteiger partial charge in [0, 0.05) is 32.2 Å². The van der Waals surface area contributed by atoms with E-state index in [4.69, 9.17) is 5.26 Å². The molecule has 3 heteroatoms. The Morgan fingerprint density at radius 1 is 1.77 bits per heavy atom. The predicted octanol–water partition coefficient (Wildman–Crippen LogP) is 0.992. The Bertz CT molecular complexity index is 183. The number of rotatable bonds is 3. The Hall–Kier alpha value is -0.590. The molecule has 0 spiro atoms. The minimum Gasteiger partial charge on any atom is -0.314 e. The molecule has 1 aliphatic rings. The molecule has 0 saturated carbocycles. The van der Waals surface area contributed by atoms with Gasteiger partial charge in [-0.25, -0.2) is 0 Å². The Morgan fingerprint density at radius 3 is 3.15 bits per heavy atom. The molecule has 1 saturated heterocycles. The van der Waals surface area contributed by atoms with Crippen LogP contribution in [0.2, 0.25) is 0 Å². The van der Waals surface area contributed by atoms with Crippen LogP contribution in [-0.2, 0) is 0 Å². The van der Waals surface area contributed by atoms with Crippen LogP contribution in [0.5, 0.6) is 0 Å². The highest BCUT2D eigenvalue weighted by Crippen LogP contribution is 2.14. The molecular formula is C10H18N3. The molecule has 1 aliphatic heterocycles. The highest BCUT2D eigenvalue weighted by molar-refractivity contribution is 4.95. The van der Waals surface area contributed by atoms with Gasteiger partial charge in [-0.05, 0) is 13.3 Å². The van der Waals surface area contributed by atoms with Gasteiger partial charge in [0.25, 0.3) is 0 Å². The molecule has 1 heterocycles. The third kappa shape index (κ3) is 2.68. The van der Waals surface area contributed by atoms with Crippen LogP contribution in [0.4, 0.5) is 0 Å². The fourth-order valence-corrected chi connectivity index (χ4v) is 1.75. The molecule has 0 amide bonds. The van der Waals surface area contributed by atoms with Crippen molar-refractivity contribution in [3.63, 3.8) is 0 Å². The second-order valence-electron chi connectivity index (χ2n) is 3.52. The summed E-state index contributed by atoms with van der Waals surface area (Å²) in [7, 11) is 0. The van der Waals surface area contributed by atoms with Crippen molar-refractivity contribution in [2.45, 2.75) is 26.3 Å². The fraction of sp³-hybridized carbons (Fsp3) is 0.800. The lowest BCUT2D eigenvalue weighted by Crippen LogP contribution is -2.52. The molecule has 0 aliphatic carbocycles. The lowest BCUT2D eigenvalue weighted by molar-refractivity contribution is 0.169. The van der Waals surface area contributed by atoms with E-state index in [1.165, 1.54) is 0 Å². The van der Waals surface area contributed by atoms with Gasteiger partial charge >= 0.3 is 0 Å². The molecule has 1 rings (SSSR count). The maximum absolute atomic E-state index is 8.85. The fourth-order valence-electron chi connectivity index (χ4n) is 1.75. The Kier molecular flexibility index (Phi) is 4.20. The van der Waals surface area contributed by atoms with Crippen LogP contribution in [0.15, 0.2) is 0 Å². The minimum atomic E-state index is 0.107. The van der Waals surface area contributed by atoms with Gasteiger partial charge in [0.15, 0.2) is 0 Å². The normalized spacial score (nSPS) is 26.7. The van der Waals surface area contributed by atoms with Gasteiger partial charge in [-0.1, -0.05) is 6.92 Å². The lowest BCUT2D eigenvalue weighted by Gasteiger charge is -2.37. The first-order valence-corrected chi connectivity index (χ1v) is 4.99. The molecule has 1 radical (unpaired) electrons. The van der Waals surface area contributed by atoms with Gasteiger partial charge in [-0.2, -0.15) is 5.26 Å². The highest BCUT2D eigenvalue weighted by Gasteiger charge is 2.26. The van der Waals surface area contributed by atoms with Gasteiger partial charge in [0.2, 0.25) is 0 Å². The van der Waals surface area contributed by atoms with Crippen molar-refractivity contribution in [3.8, 4) is 6.07 Å². The molecule has 0 aromatic heterocycles. The van der Waals surface area contributed by atoms with Crippen molar-refractivity contribution >= 4 is 0 Å². The SMILES string of the molecule is CC[CH]N1CCNCC1C(C)C#N. The monoisotopic (exact) mass is 180 g/mol. The van der Waals surface area contributed by atoms with E-state index in [2.05, 4.69) is 29.8 Å². The zero-order valence-corrected chi connectivity index (χ0v) is 8.45. The predicted molar refractivity (Wildman–Crippen MR) is 52.7 cm³/mol. The number of piperazine rings is 1. The molecule has 0 bridgehead atoms. The minimum absolute atomic E-state index is 0.107. The van der Waals surface area contributed by atoms with E-state index in [0.29, 0.717) is 6.04 Å². The zero-order chi connectivity index (χ0) is 9.68. The summed E-state index contributed by atoms with van der Waals surface area (Å²) in [4.78, 5) is 2.31. The van der Waals surface area contributed by atoms with E-state index in [9.17, 15) is 0 Å². The smallest absolute Gasteiger partial charge is 0.0669 e. The first-order chi connectivity index (χ1) is 6.29. The largest absolute Gasteiger partial charge is 0.314 e. The van der Waals surface area contributed by atoms with E-state index in [0.717, 1.165) is 26.1 Å². The Morgan fingerprint density at radius 2 is 2.54 bits per heavy atom. The van der Waals surface area contributed by atoms with Gasteiger partial charge in [0.05, 0.1) is 12.0 Å². The average molecular weight is 180 g/mol. The van der Waals surface area contributed by atoms with E-state index in [1.54, 1.807) is 0 Å². The second kappa shape index (κ2) is 5.21. The van der Waals surface area contributed by atoms with Gasteiger partial charge in [-0.3, -0.25) is 4.90 Å². The van der Waals surface area contributed by atoms with Gasteiger partial charge in [-0.15, -0.1) is 0 Å². The molecule has 1 fully saturated rings. The van der Waals surface area contributed by atoms with Crippen LogP contribution in [0.25, 0.3) is 0 Å². The maximum Gasteiger partial charge on any atom is 0.0669 e. The molecule has 2 atom stereocenters. The van der Waals surface area contributed by atoms with Gasteiger partial charge in [0.1, 0.15) is 0 Å². The zero-order valence-electron chi connectivity index (χ0n) is 8.45. The van der Waals surface area contributed by atoms with Crippen molar-refractivity contribution in [2.24, 2.45) is 5.92 Å². The average Bonchev–Trinajstić information content (AvgIpc) is 2.18. The number of nitrogens with one attached hydrogen (secondary N) is 1. The van der Waals surface area contributed by atoms with E-state index < -0.39 is 0 Å². The van der Waals surface area contributed by atoms with Gasteiger partial charge < -0.3 is 5.32 Å².